The zero-order valence-electron chi connectivity index (χ0n) is 9.95. The molecule has 0 unspecified atom stereocenters. The fourth-order valence-electron chi connectivity index (χ4n) is 1.79. The summed E-state index contributed by atoms with van der Waals surface area (Å²) in [7, 11) is 0. The quantitative estimate of drug-likeness (QED) is 0.855. The molecule has 86 valence electrons. The van der Waals surface area contributed by atoms with Gasteiger partial charge in [0.2, 0.25) is 0 Å². The maximum Gasteiger partial charge on any atom is 0.272 e. The van der Waals surface area contributed by atoms with Crippen LogP contribution in [0.1, 0.15) is 32.2 Å². The summed E-state index contributed by atoms with van der Waals surface area (Å²) in [6.07, 6.45) is 1.72. The molecule has 0 aliphatic rings. The Hall–Kier alpha value is -1.58. The molecule has 2 rings (SSSR count). The topological polar surface area (TPSA) is 50.2 Å². The molecule has 0 aliphatic carbocycles. The van der Waals surface area contributed by atoms with Crippen molar-refractivity contribution >= 4 is 5.65 Å². The summed E-state index contributed by atoms with van der Waals surface area (Å²) in [6, 6.07) is 3.55. The van der Waals surface area contributed by atoms with Crippen molar-refractivity contribution in [2.45, 2.75) is 33.6 Å². The van der Waals surface area contributed by atoms with E-state index in [-0.39, 0.29) is 5.56 Å². The molecule has 0 aliphatic heterocycles. The normalized spacial score (nSPS) is 11.5. The number of H-pyrrole nitrogens is 1. The largest absolute Gasteiger partial charge is 0.294 e. The molecule has 4 nitrogen and oxygen atoms in total. The summed E-state index contributed by atoms with van der Waals surface area (Å²) in [5.74, 6) is 0.513. The molecule has 2 heterocycles. The van der Waals surface area contributed by atoms with Gasteiger partial charge in [0.15, 0.2) is 5.65 Å². The van der Waals surface area contributed by atoms with Crippen LogP contribution in [-0.4, -0.2) is 14.6 Å². The molecule has 0 spiro atoms. The molecule has 2 aromatic heterocycles. The number of hydrogen-bond donors (Lipinski definition) is 1. The number of aromatic nitrogens is 3. The van der Waals surface area contributed by atoms with Crippen LogP contribution in [0.25, 0.3) is 5.65 Å². The molecule has 0 saturated heterocycles. The summed E-state index contributed by atoms with van der Waals surface area (Å²) in [6.45, 7) is 6.29. The molecule has 0 aromatic carbocycles. The lowest BCUT2D eigenvalue weighted by molar-refractivity contribution is 0.633. The van der Waals surface area contributed by atoms with Crippen LogP contribution < -0.4 is 5.56 Å². The van der Waals surface area contributed by atoms with Crippen molar-refractivity contribution in [3.05, 3.63) is 33.9 Å². The average Bonchev–Trinajstić information content (AvgIpc) is 2.60. The number of fused-ring (bicyclic) bond motifs is 1. The van der Waals surface area contributed by atoms with Gasteiger partial charge in [0.25, 0.3) is 5.56 Å². The third-order valence-electron chi connectivity index (χ3n) is 2.55. The van der Waals surface area contributed by atoms with Gasteiger partial charge in [0.1, 0.15) is 0 Å². The number of hydrogen-bond acceptors (Lipinski definition) is 2. The van der Waals surface area contributed by atoms with Crippen LogP contribution in [0.5, 0.6) is 0 Å². The molecular formula is C12H17N3O. The van der Waals surface area contributed by atoms with Crippen LogP contribution in [-0.2, 0) is 12.8 Å². The fraction of sp³-hybridized carbons (Fsp3) is 0.500. The Kier molecular flexibility index (Phi) is 2.81. The van der Waals surface area contributed by atoms with Crippen LogP contribution in [0.3, 0.4) is 0 Å². The van der Waals surface area contributed by atoms with Crippen LogP contribution >= 0.6 is 0 Å². The van der Waals surface area contributed by atoms with Gasteiger partial charge in [-0.05, 0) is 18.8 Å². The first kappa shape index (κ1) is 10.9. The highest BCUT2D eigenvalue weighted by atomic mass is 16.1. The molecule has 2 aromatic rings. The second kappa shape index (κ2) is 4.12. The van der Waals surface area contributed by atoms with Crippen molar-refractivity contribution in [3.8, 4) is 0 Å². The van der Waals surface area contributed by atoms with Crippen molar-refractivity contribution in [2.24, 2.45) is 5.92 Å². The van der Waals surface area contributed by atoms with Gasteiger partial charge >= 0.3 is 0 Å². The molecular weight excluding hydrogens is 202 g/mol. The Labute approximate surface area is 94.3 Å². The van der Waals surface area contributed by atoms with Gasteiger partial charge in [-0.2, -0.15) is 0 Å². The van der Waals surface area contributed by atoms with Crippen molar-refractivity contribution < 1.29 is 0 Å². The minimum atomic E-state index is -0.0275. The number of rotatable bonds is 3. The van der Waals surface area contributed by atoms with Crippen LogP contribution in [0.4, 0.5) is 0 Å². The summed E-state index contributed by atoms with van der Waals surface area (Å²) >= 11 is 0. The van der Waals surface area contributed by atoms with Crippen molar-refractivity contribution in [1.82, 2.24) is 14.6 Å². The predicted molar refractivity (Wildman–Crippen MR) is 63.7 cm³/mol. The van der Waals surface area contributed by atoms with Gasteiger partial charge in [0, 0.05) is 23.5 Å². The maximum atomic E-state index is 11.8. The van der Waals surface area contributed by atoms with Gasteiger partial charge in [-0.1, -0.05) is 20.8 Å². The highest BCUT2D eigenvalue weighted by Crippen LogP contribution is 2.07. The van der Waals surface area contributed by atoms with Crippen molar-refractivity contribution in [3.63, 3.8) is 0 Å². The lowest BCUT2D eigenvalue weighted by atomic mass is 10.1. The van der Waals surface area contributed by atoms with Crippen molar-refractivity contribution in [2.75, 3.05) is 0 Å². The van der Waals surface area contributed by atoms with E-state index in [0.717, 1.165) is 29.9 Å². The summed E-state index contributed by atoms with van der Waals surface area (Å²) in [4.78, 5) is 16.3. The fourth-order valence-corrected chi connectivity index (χ4v) is 1.79. The smallest absolute Gasteiger partial charge is 0.272 e. The second-order valence-corrected chi connectivity index (χ2v) is 4.51. The molecule has 0 bridgehead atoms. The number of aromatic amines is 1. The van der Waals surface area contributed by atoms with E-state index < -0.39 is 0 Å². The van der Waals surface area contributed by atoms with E-state index in [1.54, 1.807) is 6.07 Å². The lowest BCUT2D eigenvalue weighted by Crippen LogP contribution is -2.16. The Balaban J connectivity index is 2.53. The lowest BCUT2D eigenvalue weighted by Gasteiger charge is -2.03. The van der Waals surface area contributed by atoms with E-state index in [0.29, 0.717) is 5.92 Å². The van der Waals surface area contributed by atoms with Gasteiger partial charge < -0.3 is 0 Å². The Morgan fingerprint density at radius 2 is 2.19 bits per heavy atom. The minimum absolute atomic E-state index is 0.0275. The molecule has 1 N–H and O–H groups in total. The highest BCUT2D eigenvalue weighted by molar-refractivity contribution is 5.39. The standard InChI is InChI=1S/C12H17N3O/c1-4-9-6-11-13-10(5-8(2)3)7-12(16)15(11)14-9/h6-8,14H,4-5H2,1-3H3. The van der Waals surface area contributed by atoms with E-state index >= 15 is 0 Å². The van der Waals surface area contributed by atoms with Crippen LogP contribution in [0.2, 0.25) is 0 Å². The van der Waals surface area contributed by atoms with Gasteiger partial charge in [0.05, 0.1) is 0 Å². The van der Waals surface area contributed by atoms with E-state index in [2.05, 4.69) is 23.9 Å². The van der Waals surface area contributed by atoms with E-state index in [1.165, 1.54) is 4.52 Å². The second-order valence-electron chi connectivity index (χ2n) is 4.51. The predicted octanol–water partition coefficient (Wildman–Crippen LogP) is 1.78. The van der Waals surface area contributed by atoms with Crippen molar-refractivity contribution in [1.29, 1.82) is 0 Å². The first-order chi connectivity index (χ1) is 7.60. The minimum Gasteiger partial charge on any atom is -0.294 e. The molecule has 4 heteroatoms. The Morgan fingerprint density at radius 1 is 1.44 bits per heavy atom. The van der Waals surface area contributed by atoms with Gasteiger partial charge in [-0.15, -0.1) is 0 Å². The van der Waals surface area contributed by atoms with E-state index in [1.807, 2.05) is 13.0 Å². The van der Waals surface area contributed by atoms with Gasteiger partial charge in [-0.25, -0.2) is 9.50 Å². The molecule has 0 radical (unpaired) electrons. The van der Waals surface area contributed by atoms with Crippen LogP contribution in [0, 0.1) is 5.92 Å². The Bertz CT molecular complexity index is 551. The zero-order chi connectivity index (χ0) is 11.7. The first-order valence-electron chi connectivity index (χ1n) is 5.70. The van der Waals surface area contributed by atoms with E-state index in [4.69, 9.17) is 0 Å². The third kappa shape index (κ3) is 2.01. The monoisotopic (exact) mass is 219 g/mol. The summed E-state index contributed by atoms with van der Waals surface area (Å²) in [5, 5.41) is 3.04. The summed E-state index contributed by atoms with van der Waals surface area (Å²) in [5.41, 5.74) is 2.60. The molecule has 0 atom stereocenters. The molecule has 0 saturated carbocycles. The first-order valence-corrected chi connectivity index (χ1v) is 5.70. The average molecular weight is 219 g/mol. The summed E-state index contributed by atoms with van der Waals surface area (Å²) < 4.78 is 1.50. The number of aryl methyl sites for hydroxylation is 1. The highest BCUT2D eigenvalue weighted by Gasteiger charge is 2.06. The maximum absolute atomic E-state index is 11.8. The molecule has 0 amide bonds. The van der Waals surface area contributed by atoms with Gasteiger partial charge in [-0.3, -0.25) is 9.89 Å². The van der Waals surface area contributed by atoms with Crippen LogP contribution in [0.15, 0.2) is 16.9 Å². The third-order valence-corrected chi connectivity index (χ3v) is 2.55. The Morgan fingerprint density at radius 3 is 2.81 bits per heavy atom. The molecule has 0 fully saturated rings. The SMILES string of the molecule is CCc1cc2nc(CC(C)C)cc(=O)n2[nH]1. The van der Waals surface area contributed by atoms with E-state index in [9.17, 15) is 4.79 Å². The number of nitrogens with one attached hydrogen (secondary N) is 1. The number of nitrogens with zero attached hydrogens (tertiary/aromatic N) is 2. The zero-order valence-corrected chi connectivity index (χ0v) is 9.95. The molecule has 16 heavy (non-hydrogen) atoms.